The quantitative estimate of drug-likeness (QED) is 0.0466. The molecule has 6 N–H and O–H groups in total. The second-order valence-electron chi connectivity index (χ2n) is 15.4. The number of ether oxygens (including phenoxy) is 4. The lowest BCUT2D eigenvalue weighted by Crippen LogP contribution is -2.41. The van der Waals surface area contributed by atoms with Gasteiger partial charge in [0.2, 0.25) is 23.6 Å². The van der Waals surface area contributed by atoms with Crippen LogP contribution in [0.2, 0.25) is 0 Å². The minimum atomic E-state index is -1.18. The zero-order valence-corrected chi connectivity index (χ0v) is 35.3. The number of amides is 4. The van der Waals surface area contributed by atoms with Gasteiger partial charge in [-0.3, -0.25) is 24.0 Å². The van der Waals surface area contributed by atoms with E-state index in [4.69, 9.17) is 24.1 Å². The Labute approximate surface area is 346 Å². The number of nitrogens with one attached hydrogen (secondary N) is 4. The SMILES string of the molecule is CC1CCCC(NC(=O)COCCOCCNC(=O)COCCOCCNC(=O)CC[C@H](NC(=O)CCCCCCCCCCCCCCCCC(=O)O)C(=O)O)C1. The van der Waals surface area contributed by atoms with Gasteiger partial charge in [-0.05, 0) is 38.0 Å². The van der Waals surface area contributed by atoms with Gasteiger partial charge < -0.3 is 50.4 Å². The topological polar surface area (TPSA) is 228 Å². The van der Waals surface area contributed by atoms with Crippen LogP contribution in [0.1, 0.15) is 148 Å². The summed E-state index contributed by atoms with van der Waals surface area (Å²) >= 11 is 0. The Bertz CT molecular complexity index is 1130. The van der Waals surface area contributed by atoms with Gasteiger partial charge in [-0.25, -0.2) is 4.79 Å². The van der Waals surface area contributed by atoms with Crippen molar-refractivity contribution < 1.29 is 57.9 Å². The van der Waals surface area contributed by atoms with E-state index >= 15 is 0 Å². The highest BCUT2D eigenvalue weighted by atomic mass is 16.5. The molecule has 1 aliphatic rings. The predicted molar refractivity (Wildman–Crippen MR) is 219 cm³/mol. The van der Waals surface area contributed by atoms with Crippen molar-refractivity contribution in [1.82, 2.24) is 21.3 Å². The van der Waals surface area contributed by atoms with E-state index in [-0.39, 0.29) is 102 Å². The maximum Gasteiger partial charge on any atom is 0.326 e. The van der Waals surface area contributed by atoms with Crippen LogP contribution >= 0.6 is 0 Å². The molecule has 336 valence electrons. The third-order valence-electron chi connectivity index (χ3n) is 9.99. The number of carboxylic acid groups (broad SMARTS) is 2. The Kier molecular flexibility index (Phi) is 33.3. The van der Waals surface area contributed by atoms with E-state index in [1.807, 2.05) is 0 Å². The zero-order chi connectivity index (χ0) is 42.5. The first-order valence-electron chi connectivity index (χ1n) is 21.9. The lowest BCUT2D eigenvalue weighted by atomic mass is 9.87. The van der Waals surface area contributed by atoms with E-state index in [1.165, 1.54) is 51.4 Å². The molecule has 16 nitrogen and oxygen atoms in total. The molecule has 58 heavy (non-hydrogen) atoms. The van der Waals surface area contributed by atoms with Crippen LogP contribution in [-0.2, 0) is 47.7 Å². The highest BCUT2D eigenvalue weighted by Gasteiger charge is 2.21. The standard InChI is InChI=1S/C42H76N4O12/c1-34-17-16-18-35(31-34)45-40(50)33-58-30-28-56-26-24-44-39(49)32-57-29-27-55-25-23-43-37(47)22-21-36(42(53)54)46-38(48)19-14-12-10-8-6-4-2-3-5-7-9-11-13-15-20-41(51)52/h34-36H,2-33H2,1H3,(H,43,47)(H,44,49)(H,45,50)(H,46,48)(H,51,52)(H,53,54)/t34?,35?,36-/m0/s1. The van der Waals surface area contributed by atoms with E-state index in [0.717, 1.165) is 57.8 Å². The van der Waals surface area contributed by atoms with Crippen molar-refractivity contribution in [2.75, 3.05) is 65.9 Å². The number of rotatable bonds is 39. The molecule has 1 fully saturated rings. The van der Waals surface area contributed by atoms with E-state index in [0.29, 0.717) is 32.1 Å². The Morgan fingerprint density at radius 1 is 0.552 bits per heavy atom. The van der Waals surface area contributed by atoms with Gasteiger partial charge in [0.25, 0.3) is 0 Å². The van der Waals surface area contributed by atoms with Crippen molar-refractivity contribution in [3.8, 4) is 0 Å². The summed E-state index contributed by atoms with van der Waals surface area (Å²) in [5.41, 5.74) is 0. The van der Waals surface area contributed by atoms with Crippen LogP contribution in [0.15, 0.2) is 0 Å². The molecule has 0 radical (unpaired) electrons. The summed E-state index contributed by atoms with van der Waals surface area (Å²) in [7, 11) is 0. The first-order valence-corrected chi connectivity index (χ1v) is 21.9. The molecule has 2 unspecified atom stereocenters. The van der Waals surface area contributed by atoms with Crippen LogP contribution in [0.25, 0.3) is 0 Å². The molecule has 1 rings (SSSR count). The molecule has 0 aromatic carbocycles. The fourth-order valence-corrected chi connectivity index (χ4v) is 6.75. The summed E-state index contributed by atoms with van der Waals surface area (Å²) < 4.78 is 21.5. The van der Waals surface area contributed by atoms with Gasteiger partial charge in [-0.1, -0.05) is 96.8 Å². The van der Waals surface area contributed by atoms with Gasteiger partial charge in [0.05, 0.1) is 39.6 Å². The number of hydrogen-bond donors (Lipinski definition) is 6. The van der Waals surface area contributed by atoms with Gasteiger partial charge in [0.15, 0.2) is 0 Å². The minimum Gasteiger partial charge on any atom is -0.481 e. The lowest BCUT2D eigenvalue weighted by molar-refractivity contribution is -0.142. The van der Waals surface area contributed by atoms with Gasteiger partial charge >= 0.3 is 11.9 Å². The summed E-state index contributed by atoms with van der Waals surface area (Å²) in [6, 6.07) is -0.895. The smallest absolute Gasteiger partial charge is 0.326 e. The fraction of sp³-hybridized carbons (Fsp3) is 0.857. The van der Waals surface area contributed by atoms with E-state index < -0.39 is 18.0 Å². The van der Waals surface area contributed by atoms with Crippen molar-refractivity contribution in [2.45, 2.75) is 160 Å². The average Bonchev–Trinajstić information content (AvgIpc) is 3.18. The molecule has 0 saturated heterocycles. The van der Waals surface area contributed by atoms with Crippen LogP contribution in [0.3, 0.4) is 0 Å². The van der Waals surface area contributed by atoms with Crippen molar-refractivity contribution >= 4 is 35.6 Å². The van der Waals surface area contributed by atoms with Crippen LogP contribution in [-0.4, -0.2) is 124 Å². The van der Waals surface area contributed by atoms with Crippen molar-refractivity contribution in [3.63, 3.8) is 0 Å². The molecule has 1 aliphatic carbocycles. The van der Waals surface area contributed by atoms with E-state index in [1.54, 1.807) is 0 Å². The highest BCUT2D eigenvalue weighted by molar-refractivity contribution is 5.84. The molecule has 16 heteroatoms. The summed E-state index contributed by atoms with van der Waals surface area (Å²) in [6.45, 7) is 4.13. The zero-order valence-electron chi connectivity index (χ0n) is 35.3. The van der Waals surface area contributed by atoms with E-state index in [9.17, 15) is 33.9 Å². The number of carbonyl (C=O) groups excluding carboxylic acids is 4. The summed E-state index contributed by atoms with van der Waals surface area (Å²) in [5.74, 6) is -2.31. The van der Waals surface area contributed by atoms with Crippen LogP contribution in [0.4, 0.5) is 0 Å². The number of carbonyl (C=O) groups is 6. The van der Waals surface area contributed by atoms with Gasteiger partial charge in [0.1, 0.15) is 19.3 Å². The van der Waals surface area contributed by atoms with Crippen LogP contribution in [0.5, 0.6) is 0 Å². The van der Waals surface area contributed by atoms with Crippen LogP contribution < -0.4 is 21.3 Å². The Morgan fingerprint density at radius 2 is 1.03 bits per heavy atom. The maximum absolute atomic E-state index is 12.3. The van der Waals surface area contributed by atoms with Crippen LogP contribution in [0, 0.1) is 5.92 Å². The molecule has 0 aliphatic heterocycles. The molecule has 0 aromatic rings. The van der Waals surface area contributed by atoms with Crippen molar-refractivity contribution in [3.05, 3.63) is 0 Å². The Balaban J connectivity index is 1.90. The molecule has 0 spiro atoms. The molecular weight excluding hydrogens is 752 g/mol. The fourth-order valence-electron chi connectivity index (χ4n) is 6.75. The largest absolute Gasteiger partial charge is 0.481 e. The average molecular weight is 829 g/mol. The summed E-state index contributed by atoms with van der Waals surface area (Å²) in [5, 5.41) is 29.1. The molecule has 0 aromatic heterocycles. The second kappa shape index (κ2) is 36.7. The van der Waals surface area contributed by atoms with E-state index in [2.05, 4.69) is 28.2 Å². The van der Waals surface area contributed by atoms with Gasteiger partial charge in [-0.15, -0.1) is 0 Å². The Morgan fingerprint density at radius 3 is 1.55 bits per heavy atom. The second-order valence-corrected chi connectivity index (χ2v) is 15.4. The predicted octanol–water partition coefficient (Wildman–Crippen LogP) is 4.66. The molecular formula is C42H76N4O12. The molecule has 0 bridgehead atoms. The Hall–Kier alpha value is -3.34. The maximum atomic E-state index is 12.3. The summed E-state index contributed by atoms with van der Waals surface area (Å²) in [4.78, 5) is 70.6. The first kappa shape index (κ1) is 52.7. The third-order valence-corrected chi connectivity index (χ3v) is 9.99. The number of unbranched alkanes of at least 4 members (excludes halogenated alkanes) is 13. The monoisotopic (exact) mass is 829 g/mol. The number of aliphatic carboxylic acids is 2. The van der Waals surface area contributed by atoms with Gasteiger partial charge in [-0.2, -0.15) is 0 Å². The third kappa shape index (κ3) is 33.6. The van der Waals surface area contributed by atoms with Crippen molar-refractivity contribution in [1.29, 1.82) is 0 Å². The first-order chi connectivity index (χ1) is 28.1. The minimum absolute atomic E-state index is 0.00547. The van der Waals surface area contributed by atoms with Crippen molar-refractivity contribution in [2.24, 2.45) is 5.92 Å². The molecule has 0 heterocycles. The number of hydrogen-bond acceptors (Lipinski definition) is 10. The normalized spacial score (nSPS) is 15.7. The molecule has 4 amide bonds. The molecule has 3 atom stereocenters. The lowest BCUT2D eigenvalue weighted by Gasteiger charge is -2.27. The molecule has 1 saturated carbocycles. The van der Waals surface area contributed by atoms with Gasteiger partial charge in [0, 0.05) is 38.4 Å². The highest BCUT2D eigenvalue weighted by Crippen LogP contribution is 2.23. The number of carboxylic acids is 2. The summed E-state index contributed by atoms with van der Waals surface area (Å²) in [6.07, 6.45) is 20.0.